The number of furan rings is 2. The predicted octanol–water partition coefficient (Wildman–Crippen LogP) is 18.7. The average molecular weight is 885 g/mol. The van der Waals surface area contributed by atoms with Crippen molar-refractivity contribution in [3.05, 3.63) is 243 Å². The maximum Gasteiger partial charge on any atom is 0.160 e. The highest BCUT2D eigenvalue weighted by Crippen LogP contribution is 2.57. The molecule has 0 saturated heterocycles. The Morgan fingerprint density at radius 2 is 0.710 bits per heavy atom. The van der Waals surface area contributed by atoms with Gasteiger partial charge in [-0.2, -0.15) is 0 Å². The highest BCUT2D eigenvalue weighted by Gasteiger charge is 2.30. The molecule has 13 aromatic rings. The Labute approximate surface area is 397 Å². The van der Waals surface area contributed by atoms with E-state index >= 15 is 0 Å². The fourth-order valence-corrected chi connectivity index (χ4v) is 10.5. The molecule has 5 heteroatoms. The van der Waals surface area contributed by atoms with Gasteiger partial charge in [-0.1, -0.05) is 170 Å². The first-order chi connectivity index (χ1) is 34.2. The second-order valence-corrected chi connectivity index (χ2v) is 17.6. The number of anilines is 6. The van der Waals surface area contributed by atoms with Crippen molar-refractivity contribution in [2.75, 3.05) is 9.80 Å². The molecule has 11 aromatic carbocycles. The second-order valence-electron chi connectivity index (χ2n) is 17.6. The van der Waals surface area contributed by atoms with Crippen molar-refractivity contribution in [1.29, 1.82) is 0 Å². The molecule has 0 amide bonds. The molecule has 1 aliphatic rings. The van der Waals surface area contributed by atoms with Gasteiger partial charge in [-0.25, -0.2) is 0 Å². The Bertz CT molecular complexity index is 3900. The molecule has 3 heterocycles. The van der Waals surface area contributed by atoms with Crippen molar-refractivity contribution in [2.45, 2.75) is 0 Å². The third-order valence-electron chi connectivity index (χ3n) is 13.7. The molecule has 2 aromatic heterocycles. The van der Waals surface area contributed by atoms with Crippen LogP contribution in [0.5, 0.6) is 11.5 Å². The second kappa shape index (κ2) is 15.7. The van der Waals surface area contributed by atoms with E-state index in [1.807, 2.05) is 24.3 Å². The molecule has 0 radical (unpaired) electrons. The number of hydrogen-bond acceptors (Lipinski definition) is 5. The van der Waals surface area contributed by atoms with Gasteiger partial charge in [-0.3, -0.25) is 0 Å². The number of ether oxygens (including phenoxy) is 1. The third-order valence-corrected chi connectivity index (χ3v) is 13.7. The van der Waals surface area contributed by atoms with Crippen LogP contribution < -0.4 is 14.5 Å². The van der Waals surface area contributed by atoms with Crippen LogP contribution in [0.4, 0.5) is 34.1 Å². The van der Waals surface area contributed by atoms with Crippen molar-refractivity contribution < 1.29 is 13.6 Å². The summed E-state index contributed by atoms with van der Waals surface area (Å²) >= 11 is 0. The van der Waals surface area contributed by atoms with Crippen molar-refractivity contribution in [1.82, 2.24) is 0 Å². The first-order valence-corrected chi connectivity index (χ1v) is 23.3. The molecule has 69 heavy (non-hydrogen) atoms. The van der Waals surface area contributed by atoms with E-state index in [1.165, 1.54) is 0 Å². The lowest BCUT2D eigenvalue weighted by Crippen LogP contribution is -2.14. The van der Waals surface area contributed by atoms with Gasteiger partial charge in [0, 0.05) is 66.4 Å². The SMILES string of the molecule is c1ccc(N(c2ccccc2)c2cccc3c2Oc2c(N(c4ccc(-c5cccc6c5oc5ccccc56)cc4)c4ccc(-c5cccc6c5oc5ccccc56)cc4)ccc4cccc-3c24)cc1. The van der Waals surface area contributed by atoms with E-state index in [4.69, 9.17) is 13.6 Å². The zero-order valence-corrected chi connectivity index (χ0v) is 37.2. The van der Waals surface area contributed by atoms with Crippen LogP contribution in [-0.4, -0.2) is 0 Å². The molecule has 0 bridgehead atoms. The smallest absolute Gasteiger partial charge is 0.160 e. The molecule has 0 fully saturated rings. The quantitative estimate of drug-likeness (QED) is 0.152. The molecule has 0 unspecified atom stereocenters. The fraction of sp³-hybridized carbons (Fsp3) is 0. The molecule has 0 atom stereocenters. The monoisotopic (exact) mass is 884 g/mol. The number of benzene rings is 11. The molecule has 0 saturated carbocycles. The van der Waals surface area contributed by atoms with Crippen LogP contribution in [0, 0.1) is 0 Å². The third kappa shape index (κ3) is 6.25. The van der Waals surface area contributed by atoms with Gasteiger partial charge in [0.1, 0.15) is 22.3 Å². The lowest BCUT2D eigenvalue weighted by Gasteiger charge is -2.33. The van der Waals surface area contributed by atoms with Crippen molar-refractivity contribution in [3.8, 4) is 44.9 Å². The van der Waals surface area contributed by atoms with Gasteiger partial charge in [0.05, 0.1) is 11.4 Å². The molecule has 5 nitrogen and oxygen atoms in total. The number of para-hydroxylation sites is 7. The summed E-state index contributed by atoms with van der Waals surface area (Å²) in [4.78, 5) is 4.61. The van der Waals surface area contributed by atoms with Crippen LogP contribution in [0.15, 0.2) is 251 Å². The molecule has 324 valence electrons. The summed E-state index contributed by atoms with van der Waals surface area (Å²) in [5.41, 5.74) is 15.8. The highest BCUT2D eigenvalue weighted by molar-refractivity contribution is 6.12. The average Bonchev–Trinajstić information content (AvgIpc) is 4.00. The largest absolute Gasteiger partial charge is 0.455 e. The molecule has 0 N–H and O–H groups in total. The van der Waals surface area contributed by atoms with Crippen LogP contribution in [0.3, 0.4) is 0 Å². The Kier molecular flexibility index (Phi) is 8.83. The van der Waals surface area contributed by atoms with Crippen LogP contribution in [0.2, 0.25) is 0 Å². The molecular formula is C64H40N2O3. The standard InChI is InChI=1S/C64H40N2O3/c1-3-16-44(17-4-1)65(45-18-5-2-6-19-45)56-28-14-27-55-52-24-11-15-43-35-40-57(64(60(43)52)69-63(55)56)66(46-36-31-41(32-37-46)48-22-12-25-53-50-20-7-9-29-58(50)67-61(48)53)47-38-33-42(34-39-47)49-23-13-26-54-51-21-8-10-30-59(51)68-62(49)54/h1-40H. The summed E-state index contributed by atoms with van der Waals surface area (Å²) in [5, 5.41) is 6.61. The maximum absolute atomic E-state index is 7.49. The van der Waals surface area contributed by atoms with Gasteiger partial charge in [-0.15, -0.1) is 0 Å². The lowest BCUT2D eigenvalue weighted by molar-refractivity contribution is 0.489. The Balaban J connectivity index is 0.949. The predicted molar refractivity (Wildman–Crippen MR) is 284 cm³/mol. The Morgan fingerprint density at radius 1 is 0.275 bits per heavy atom. The van der Waals surface area contributed by atoms with Crippen molar-refractivity contribution >= 4 is 88.8 Å². The number of fused-ring (bicyclic) bond motifs is 8. The van der Waals surface area contributed by atoms with E-state index in [1.54, 1.807) is 0 Å². The lowest BCUT2D eigenvalue weighted by atomic mass is 9.93. The van der Waals surface area contributed by atoms with Crippen LogP contribution in [0.25, 0.3) is 88.0 Å². The summed E-state index contributed by atoms with van der Waals surface area (Å²) in [7, 11) is 0. The molecule has 1 aliphatic heterocycles. The summed E-state index contributed by atoms with van der Waals surface area (Å²) in [6.07, 6.45) is 0. The Hall–Kier alpha value is -9.32. The zero-order chi connectivity index (χ0) is 45.4. The van der Waals surface area contributed by atoms with Gasteiger partial charge >= 0.3 is 0 Å². The van der Waals surface area contributed by atoms with Gasteiger partial charge in [0.25, 0.3) is 0 Å². The minimum absolute atomic E-state index is 0.788. The summed E-state index contributed by atoms with van der Waals surface area (Å²) < 4.78 is 20.5. The fourth-order valence-electron chi connectivity index (χ4n) is 10.5. The maximum atomic E-state index is 7.49. The van der Waals surface area contributed by atoms with E-state index < -0.39 is 0 Å². The highest BCUT2D eigenvalue weighted by atomic mass is 16.5. The molecule has 0 spiro atoms. The topological polar surface area (TPSA) is 42.0 Å². The van der Waals surface area contributed by atoms with Crippen molar-refractivity contribution in [3.63, 3.8) is 0 Å². The van der Waals surface area contributed by atoms with E-state index in [2.05, 4.69) is 228 Å². The first kappa shape index (κ1) is 38.9. The number of nitrogens with zero attached hydrogens (tertiary/aromatic N) is 2. The van der Waals surface area contributed by atoms with Gasteiger partial charge in [-0.05, 0) is 94.9 Å². The van der Waals surface area contributed by atoms with E-state index in [0.29, 0.717) is 0 Å². The van der Waals surface area contributed by atoms with Gasteiger partial charge in [0.15, 0.2) is 11.5 Å². The number of rotatable bonds is 8. The van der Waals surface area contributed by atoms with E-state index in [-0.39, 0.29) is 0 Å². The van der Waals surface area contributed by atoms with Gasteiger partial charge < -0.3 is 23.4 Å². The van der Waals surface area contributed by atoms with Crippen LogP contribution in [-0.2, 0) is 0 Å². The number of hydrogen-bond donors (Lipinski definition) is 0. The molecule has 0 aliphatic carbocycles. The van der Waals surface area contributed by atoms with E-state index in [9.17, 15) is 0 Å². The van der Waals surface area contributed by atoms with Crippen LogP contribution >= 0.6 is 0 Å². The normalized spacial score (nSPS) is 11.9. The van der Waals surface area contributed by atoms with Crippen LogP contribution in [0.1, 0.15) is 0 Å². The Morgan fingerprint density at radius 3 is 1.28 bits per heavy atom. The van der Waals surface area contributed by atoms with Crippen molar-refractivity contribution in [2.24, 2.45) is 0 Å². The minimum atomic E-state index is 0.788. The minimum Gasteiger partial charge on any atom is -0.455 e. The summed E-state index contributed by atoms with van der Waals surface area (Å²) in [6, 6.07) is 85.4. The molecule has 14 rings (SSSR count). The summed E-state index contributed by atoms with van der Waals surface area (Å²) in [6.45, 7) is 0. The van der Waals surface area contributed by atoms with E-state index in [0.717, 1.165) is 134 Å². The first-order valence-electron chi connectivity index (χ1n) is 23.3. The molecular weight excluding hydrogens is 845 g/mol. The van der Waals surface area contributed by atoms with Gasteiger partial charge in [0.2, 0.25) is 0 Å². The summed E-state index contributed by atoms with van der Waals surface area (Å²) in [5.74, 6) is 1.58. The zero-order valence-electron chi connectivity index (χ0n) is 37.2.